The van der Waals surface area contributed by atoms with E-state index >= 15 is 0 Å². The second kappa shape index (κ2) is 7.18. The van der Waals surface area contributed by atoms with Gasteiger partial charge in [-0.2, -0.15) is 0 Å². The molecule has 1 amide bonds. The third-order valence-corrected chi connectivity index (χ3v) is 4.58. The molecule has 0 saturated carbocycles. The van der Waals surface area contributed by atoms with Crippen LogP contribution in [0.15, 0.2) is 47.8 Å². The van der Waals surface area contributed by atoms with Crippen LogP contribution < -0.4 is 5.32 Å². The molecule has 9 heteroatoms. The molecule has 0 bridgehead atoms. The number of amides is 1. The van der Waals surface area contributed by atoms with Crippen molar-refractivity contribution in [2.75, 3.05) is 5.32 Å². The van der Waals surface area contributed by atoms with Crippen molar-refractivity contribution in [3.8, 4) is 11.3 Å². The van der Waals surface area contributed by atoms with Crippen molar-refractivity contribution in [2.24, 2.45) is 0 Å². The molecule has 0 aliphatic carbocycles. The summed E-state index contributed by atoms with van der Waals surface area (Å²) in [4.78, 5) is 26.6. The third-order valence-electron chi connectivity index (χ3n) is 3.27. The summed E-state index contributed by atoms with van der Waals surface area (Å²) in [6.45, 7) is 0. The first-order valence-electron chi connectivity index (χ1n) is 6.91. The van der Waals surface area contributed by atoms with Crippen LogP contribution in [0.2, 0.25) is 10.0 Å². The van der Waals surface area contributed by atoms with Crippen LogP contribution in [-0.2, 0) is 0 Å². The van der Waals surface area contributed by atoms with E-state index in [1.807, 2.05) is 0 Å². The maximum Gasteiger partial charge on any atom is 0.269 e. The minimum Gasteiger partial charge on any atom is -0.298 e. The van der Waals surface area contributed by atoms with E-state index in [2.05, 4.69) is 10.3 Å². The SMILES string of the molecule is O=C(Nc1nc(-c2ccc(Cl)cc2Cl)cs1)c1ccc([N+](=O)[O-])cc1. The van der Waals surface area contributed by atoms with Gasteiger partial charge >= 0.3 is 0 Å². The number of carbonyl (C=O) groups excluding carboxylic acids is 1. The molecule has 0 aliphatic heterocycles. The summed E-state index contributed by atoms with van der Waals surface area (Å²) in [5.41, 5.74) is 1.54. The van der Waals surface area contributed by atoms with Gasteiger partial charge in [0.05, 0.1) is 15.6 Å². The number of thiazole rings is 1. The fraction of sp³-hybridized carbons (Fsp3) is 0. The number of nitro groups is 1. The number of nitrogens with one attached hydrogen (secondary N) is 1. The average molecular weight is 394 g/mol. The smallest absolute Gasteiger partial charge is 0.269 e. The second-order valence-electron chi connectivity index (χ2n) is 4.92. The van der Waals surface area contributed by atoms with Gasteiger partial charge in [0.25, 0.3) is 11.6 Å². The monoisotopic (exact) mass is 393 g/mol. The number of carbonyl (C=O) groups is 1. The van der Waals surface area contributed by atoms with Gasteiger partial charge in [-0.1, -0.05) is 23.2 Å². The first kappa shape index (κ1) is 17.3. The lowest BCUT2D eigenvalue weighted by molar-refractivity contribution is -0.384. The van der Waals surface area contributed by atoms with Crippen molar-refractivity contribution in [1.29, 1.82) is 0 Å². The Balaban J connectivity index is 1.76. The Morgan fingerprint density at radius 2 is 1.88 bits per heavy atom. The predicted octanol–water partition coefficient (Wildman–Crippen LogP) is 5.28. The normalized spacial score (nSPS) is 10.5. The molecule has 0 aliphatic rings. The molecule has 2 aromatic carbocycles. The van der Waals surface area contributed by atoms with E-state index in [1.165, 1.54) is 35.6 Å². The quantitative estimate of drug-likeness (QED) is 0.482. The Bertz CT molecular complexity index is 958. The summed E-state index contributed by atoms with van der Waals surface area (Å²) in [5.74, 6) is -0.405. The van der Waals surface area contributed by atoms with Gasteiger partial charge in [0.1, 0.15) is 0 Å². The summed E-state index contributed by atoms with van der Waals surface area (Å²) in [6, 6.07) is 10.4. The molecule has 1 N–H and O–H groups in total. The van der Waals surface area contributed by atoms with Crippen molar-refractivity contribution >= 4 is 51.3 Å². The standard InChI is InChI=1S/C16H9Cl2N3O3S/c17-10-3-6-12(13(18)7-10)14-8-25-16(19-14)20-15(22)9-1-4-11(5-2-9)21(23)24/h1-8H,(H,19,20,22). The minimum atomic E-state index is -0.523. The van der Waals surface area contributed by atoms with Crippen molar-refractivity contribution in [3.05, 3.63) is 73.6 Å². The lowest BCUT2D eigenvalue weighted by atomic mass is 10.2. The van der Waals surface area contributed by atoms with E-state index in [1.54, 1.807) is 23.6 Å². The van der Waals surface area contributed by atoms with Crippen molar-refractivity contribution in [1.82, 2.24) is 4.98 Å². The predicted molar refractivity (Wildman–Crippen MR) is 98.6 cm³/mol. The average Bonchev–Trinajstić information content (AvgIpc) is 3.03. The largest absolute Gasteiger partial charge is 0.298 e. The van der Waals surface area contributed by atoms with E-state index in [9.17, 15) is 14.9 Å². The van der Waals surface area contributed by atoms with E-state index in [4.69, 9.17) is 23.2 Å². The van der Waals surface area contributed by atoms with Crippen LogP contribution in [-0.4, -0.2) is 15.8 Å². The number of non-ortho nitro benzene ring substituents is 1. The van der Waals surface area contributed by atoms with Crippen LogP contribution in [0.4, 0.5) is 10.8 Å². The zero-order valence-electron chi connectivity index (χ0n) is 12.4. The van der Waals surface area contributed by atoms with Crippen molar-refractivity contribution in [2.45, 2.75) is 0 Å². The molecule has 1 aromatic heterocycles. The highest BCUT2D eigenvalue weighted by Gasteiger charge is 2.13. The Morgan fingerprint density at radius 3 is 2.52 bits per heavy atom. The number of nitrogens with zero attached hydrogens (tertiary/aromatic N) is 2. The molecule has 0 fully saturated rings. The van der Waals surface area contributed by atoms with Crippen molar-refractivity contribution in [3.63, 3.8) is 0 Å². The minimum absolute atomic E-state index is 0.0783. The first-order chi connectivity index (χ1) is 11.9. The Labute approximate surface area is 156 Å². The molecule has 3 aromatic rings. The van der Waals surface area contributed by atoms with Gasteiger partial charge in [-0.25, -0.2) is 4.98 Å². The van der Waals surface area contributed by atoms with E-state index < -0.39 is 10.8 Å². The number of aromatic nitrogens is 1. The maximum absolute atomic E-state index is 12.2. The molecule has 0 saturated heterocycles. The van der Waals surface area contributed by atoms with Crippen LogP contribution in [0.25, 0.3) is 11.3 Å². The molecule has 6 nitrogen and oxygen atoms in total. The highest BCUT2D eigenvalue weighted by molar-refractivity contribution is 7.14. The van der Waals surface area contributed by atoms with Gasteiger partial charge in [0.2, 0.25) is 0 Å². The number of rotatable bonds is 4. The number of hydrogen-bond donors (Lipinski definition) is 1. The summed E-state index contributed by atoms with van der Waals surface area (Å²) in [7, 11) is 0. The van der Waals surface area contributed by atoms with Crippen LogP contribution >= 0.6 is 34.5 Å². The highest BCUT2D eigenvalue weighted by atomic mass is 35.5. The first-order valence-corrected chi connectivity index (χ1v) is 8.54. The topological polar surface area (TPSA) is 85.1 Å². The zero-order chi connectivity index (χ0) is 18.0. The Kier molecular flexibility index (Phi) is 4.98. The van der Waals surface area contributed by atoms with E-state index in [0.29, 0.717) is 32.0 Å². The molecule has 3 rings (SSSR count). The molecule has 0 radical (unpaired) electrons. The van der Waals surface area contributed by atoms with Gasteiger partial charge < -0.3 is 0 Å². The fourth-order valence-electron chi connectivity index (χ4n) is 2.06. The molecule has 126 valence electrons. The number of benzene rings is 2. The van der Waals surface area contributed by atoms with Crippen LogP contribution in [0.5, 0.6) is 0 Å². The van der Waals surface area contributed by atoms with Crippen LogP contribution in [0.3, 0.4) is 0 Å². The van der Waals surface area contributed by atoms with Crippen LogP contribution in [0, 0.1) is 10.1 Å². The van der Waals surface area contributed by atoms with Gasteiger partial charge in [0, 0.05) is 33.7 Å². The molecular weight excluding hydrogens is 385 g/mol. The maximum atomic E-state index is 12.2. The fourth-order valence-corrected chi connectivity index (χ4v) is 3.27. The van der Waals surface area contributed by atoms with Gasteiger partial charge in [-0.15, -0.1) is 11.3 Å². The van der Waals surface area contributed by atoms with Crippen LogP contribution in [0.1, 0.15) is 10.4 Å². The van der Waals surface area contributed by atoms with Gasteiger partial charge in [0.15, 0.2) is 5.13 Å². The number of nitro benzene ring substituents is 1. The van der Waals surface area contributed by atoms with Gasteiger partial charge in [-0.3, -0.25) is 20.2 Å². The second-order valence-corrected chi connectivity index (χ2v) is 6.62. The lowest BCUT2D eigenvalue weighted by Crippen LogP contribution is -2.11. The summed E-state index contributed by atoms with van der Waals surface area (Å²) in [6.07, 6.45) is 0. The van der Waals surface area contributed by atoms with E-state index in [-0.39, 0.29) is 5.69 Å². The van der Waals surface area contributed by atoms with E-state index in [0.717, 1.165) is 0 Å². The molecule has 25 heavy (non-hydrogen) atoms. The summed E-state index contributed by atoms with van der Waals surface area (Å²) < 4.78 is 0. The number of halogens is 2. The molecule has 1 heterocycles. The third kappa shape index (κ3) is 3.96. The van der Waals surface area contributed by atoms with Gasteiger partial charge in [-0.05, 0) is 30.3 Å². The zero-order valence-corrected chi connectivity index (χ0v) is 14.7. The summed E-state index contributed by atoms with van der Waals surface area (Å²) >= 11 is 13.3. The Morgan fingerprint density at radius 1 is 1.16 bits per heavy atom. The number of hydrogen-bond acceptors (Lipinski definition) is 5. The molecule has 0 unspecified atom stereocenters. The molecule has 0 atom stereocenters. The molecular formula is C16H9Cl2N3O3S. The summed E-state index contributed by atoms with van der Waals surface area (Å²) in [5, 5.41) is 16.4. The number of anilines is 1. The van der Waals surface area contributed by atoms with Crippen molar-refractivity contribution < 1.29 is 9.72 Å². The molecule has 0 spiro atoms. The Hall–Kier alpha value is -2.48. The highest BCUT2D eigenvalue weighted by Crippen LogP contribution is 2.32. The lowest BCUT2D eigenvalue weighted by Gasteiger charge is -2.02.